The molecule has 1 heterocycles. The van der Waals surface area contributed by atoms with Crippen molar-refractivity contribution in [2.75, 3.05) is 26.2 Å². The summed E-state index contributed by atoms with van der Waals surface area (Å²) < 4.78 is 5.58. The summed E-state index contributed by atoms with van der Waals surface area (Å²) in [5, 5.41) is 3.93. The van der Waals surface area contributed by atoms with Crippen molar-refractivity contribution < 1.29 is 9.53 Å². The van der Waals surface area contributed by atoms with Crippen LogP contribution in [-0.2, 0) is 4.79 Å². The quantitative estimate of drug-likeness (QED) is 0.929. The van der Waals surface area contributed by atoms with E-state index in [0.717, 1.165) is 25.2 Å². The lowest BCUT2D eigenvalue weighted by Crippen LogP contribution is -2.53. The number of ether oxygens (including phenoxy) is 1. The Morgan fingerprint density at radius 2 is 2.30 bits per heavy atom. The Balaban J connectivity index is 0.00000200. The van der Waals surface area contributed by atoms with Gasteiger partial charge in [-0.3, -0.25) is 4.79 Å². The van der Waals surface area contributed by atoms with E-state index in [0.29, 0.717) is 10.8 Å². The minimum absolute atomic E-state index is 0. The summed E-state index contributed by atoms with van der Waals surface area (Å²) in [6.45, 7) is 6.45. The van der Waals surface area contributed by atoms with Gasteiger partial charge in [-0.15, -0.1) is 12.4 Å². The van der Waals surface area contributed by atoms with Crippen molar-refractivity contribution in [3.63, 3.8) is 0 Å². The molecule has 1 aliphatic rings. The lowest BCUT2D eigenvalue weighted by molar-refractivity contribution is -0.136. The zero-order chi connectivity index (χ0) is 13.8. The summed E-state index contributed by atoms with van der Waals surface area (Å²) in [6, 6.07) is 5.61. The number of nitrogens with zero attached hydrogens (tertiary/aromatic N) is 1. The average Bonchev–Trinajstić information content (AvgIpc) is 2.38. The van der Waals surface area contributed by atoms with Crippen LogP contribution in [0, 0.1) is 6.92 Å². The van der Waals surface area contributed by atoms with E-state index in [2.05, 4.69) is 5.32 Å². The molecule has 1 aliphatic heterocycles. The Morgan fingerprint density at radius 1 is 1.55 bits per heavy atom. The van der Waals surface area contributed by atoms with Crippen LogP contribution in [0.5, 0.6) is 5.75 Å². The van der Waals surface area contributed by atoms with E-state index >= 15 is 0 Å². The van der Waals surface area contributed by atoms with E-state index < -0.39 is 0 Å². The molecule has 20 heavy (non-hydrogen) atoms. The maximum atomic E-state index is 12.1. The number of piperazine rings is 1. The number of rotatable bonds is 3. The molecule has 0 saturated carbocycles. The van der Waals surface area contributed by atoms with Gasteiger partial charge >= 0.3 is 0 Å². The van der Waals surface area contributed by atoms with Gasteiger partial charge in [0.05, 0.1) is 0 Å². The van der Waals surface area contributed by atoms with Crippen LogP contribution in [0.4, 0.5) is 0 Å². The van der Waals surface area contributed by atoms with Crippen LogP contribution >= 0.6 is 24.0 Å². The van der Waals surface area contributed by atoms with Crippen LogP contribution in [0.15, 0.2) is 18.2 Å². The van der Waals surface area contributed by atoms with Crippen LogP contribution in [-0.4, -0.2) is 43.1 Å². The molecule has 1 atom stereocenters. The first-order valence-electron chi connectivity index (χ1n) is 6.47. The average molecular weight is 319 g/mol. The summed E-state index contributed by atoms with van der Waals surface area (Å²) in [4.78, 5) is 14.0. The van der Waals surface area contributed by atoms with Gasteiger partial charge < -0.3 is 15.0 Å². The van der Waals surface area contributed by atoms with Crippen LogP contribution in [0.1, 0.15) is 12.5 Å². The molecule has 1 saturated heterocycles. The van der Waals surface area contributed by atoms with Gasteiger partial charge in [-0.1, -0.05) is 11.6 Å². The molecule has 0 aromatic heterocycles. The van der Waals surface area contributed by atoms with Crippen LogP contribution in [0.3, 0.4) is 0 Å². The summed E-state index contributed by atoms with van der Waals surface area (Å²) in [5.74, 6) is 0.740. The molecule has 0 aliphatic carbocycles. The van der Waals surface area contributed by atoms with Crippen molar-refractivity contribution in [2.45, 2.75) is 19.9 Å². The number of carbonyl (C=O) groups is 1. The number of hydrogen-bond donors (Lipinski definition) is 1. The van der Waals surface area contributed by atoms with Crippen molar-refractivity contribution in [3.05, 3.63) is 28.8 Å². The first-order chi connectivity index (χ1) is 9.08. The number of benzene rings is 1. The lowest BCUT2D eigenvalue weighted by Gasteiger charge is -2.33. The summed E-state index contributed by atoms with van der Waals surface area (Å²) in [7, 11) is 0. The number of nitrogens with one attached hydrogen (secondary N) is 1. The van der Waals surface area contributed by atoms with E-state index in [-0.39, 0.29) is 31.0 Å². The van der Waals surface area contributed by atoms with Gasteiger partial charge in [-0.2, -0.15) is 0 Å². The second kappa shape index (κ2) is 7.72. The van der Waals surface area contributed by atoms with Gasteiger partial charge in [-0.25, -0.2) is 0 Å². The first-order valence-corrected chi connectivity index (χ1v) is 6.85. The minimum atomic E-state index is 0. The molecule has 0 bridgehead atoms. The van der Waals surface area contributed by atoms with Gasteiger partial charge in [-0.05, 0) is 37.6 Å². The second-order valence-electron chi connectivity index (χ2n) is 4.84. The van der Waals surface area contributed by atoms with Gasteiger partial charge in [0.2, 0.25) is 0 Å². The van der Waals surface area contributed by atoms with Crippen molar-refractivity contribution >= 4 is 29.9 Å². The summed E-state index contributed by atoms with van der Waals surface area (Å²) >= 11 is 5.88. The van der Waals surface area contributed by atoms with Crippen LogP contribution in [0.2, 0.25) is 5.02 Å². The normalized spacial score (nSPS) is 18.4. The van der Waals surface area contributed by atoms with E-state index in [1.165, 1.54) is 0 Å². The second-order valence-corrected chi connectivity index (χ2v) is 5.28. The maximum absolute atomic E-state index is 12.1. The number of halogens is 2. The van der Waals surface area contributed by atoms with Crippen LogP contribution < -0.4 is 10.1 Å². The molecule has 0 radical (unpaired) electrons. The molecular weight excluding hydrogens is 299 g/mol. The van der Waals surface area contributed by atoms with Crippen molar-refractivity contribution in [1.82, 2.24) is 10.2 Å². The molecule has 1 aromatic carbocycles. The van der Waals surface area contributed by atoms with Crippen molar-refractivity contribution in [2.24, 2.45) is 0 Å². The molecule has 4 nitrogen and oxygen atoms in total. The SMILES string of the molecule is Cc1cc(Cl)ccc1OCC(=O)N1CCNCC1C.Cl. The lowest BCUT2D eigenvalue weighted by atomic mass is 10.2. The predicted octanol–water partition coefficient (Wildman–Crippen LogP) is 2.27. The Kier molecular flexibility index (Phi) is 6.59. The highest BCUT2D eigenvalue weighted by Crippen LogP contribution is 2.21. The molecule has 1 amide bonds. The van der Waals surface area contributed by atoms with E-state index in [1.807, 2.05) is 24.8 Å². The predicted molar refractivity (Wildman–Crippen MR) is 83.0 cm³/mol. The zero-order valence-corrected chi connectivity index (χ0v) is 13.3. The topological polar surface area (TPSA) is 41.6 Å². The third-order valence-electron chi connectivity index (χ3n) is 3.31. The number of aryl methyl sites for hydroxylation is 1. The summed E-state index contributed by atoms with van der Waals surface area (Å²) in [5.41, 5.74) is 0.939. The largest absolute Gasteiger partial charge is 0.483 e. The Morgan fingerprint density at radius 3 is 2.95 bits per heavy atom. The highest BCUT2D eigenvalue weighted by Gasteiger charge is 2.23. The molecular formula is C14H20Cl2N2O2. The van der Waals surface area contributed by atoms with Gasteiger partial charge in [0.25, 0.3) is 5.91 Å². The van der Waals surface area contributed by atoms with E-state index in [9.17, 15) is 4.79 Å². The molecule has 2 rings (SSSR count). The van der Waals surface area contributed by atoms with Crippen LogP contribution in [0.25, 0.3) is 0 Å². The fourth-order valence-corrected chi connectivity index (χ4v) is 2.44. The van der Waals surface area contributed by atoms with Crippen molar-refractivity contribution in [3.8, 4) is 5.75 Å². The third kappa shape index (κ3) is 4.27. The molecule has 0 spiro atoms. The number of hydrogen-bond acceptors (Lipinski definition) is 3. The maximum Gasteiger partial charge on any atom is 0.260 e. The summed E-state index contributed by atoms with van der Waals surface area (Å²) in [6.07, 6.45) is 0. The Bertz CT molecular complexity index is 468. The van der Waals surface area contributed by atoms with Gasteiger partial charge in [0.1, 0.15) is 5.75 Å². The monoisotopic (exact) mass is 318 g/mol. The smallest absolute Gasteiger partial charge is 0.260 e. The number of carbonyl (C=O) groups excluding carboxylic acids is 1. The highest BCUT2D eigenvalue weighted by atomic mass is 35.5. The van der Waals surface area contributed by atoms with E-state index in [4.69, 9.17) is 16.3 Å². The third-order valence-corrected chi connectivity index (χ3v) is 3.54. The molecule has 6 heteroatoms. The van der Waals surface area contributed by atoms with Crippen molar-refractivity contribution in [1.29, 1.82) is 0 Å². The Hall–Kier alpha value is -0.970. The highest BCUT2D eigenvalue weighted by molar-refractivity contribution is 6.30. The minimum Gasteiger partial charge on any atom is -0.483 e. The molecule has 112 valence electrons. The molecule has 1 N–H and O–H groups in total. The first kappa shape index (κ1) is 17.1. The van der Waals surface area contributed by atoms with Gasteiger partial charge in [0, 0.05) is 30.7 Å². The standard InChI is InChI=1S/C14H19ClN2O2.ClH/c1-10-7-12(15)3-4-13(10)19-9-14(18)17-6-5-16-8-11(17)2;/h3-4,7,11,16H,5-6,8-9H2,1-2H3;1H. The van der Waals surface area contributed by atoms with Gasteiger partial charge in [0.15, 0.2) is 6.61 Å². The molecule has 1 fully saturated rings. The Labute approximate surface area is 130 Å². The zero-order valence-electron chi connectivity index (χ0n) is 11.7. The fraction of sp³-hybridized carbons (Fsp3) is 0.500. The fourth-order valence-electron chi connectivity index (χ4n) is 2.21. The molecule has 1 aromatic rings. The molecule has 1 unspecified atom stereocenters. The number of amides is 1. The van der Waals surface area contributed by atoms with E-state index in [1.54, 1.807) is 12.1 Å².